The summed E-state index contributed by atoms with van der Waals surface area (Å²) in [5, 5.41) is 20.8. The molecule has 1 aromatic heterocycles. The summed E-state index contributed by atoms with van der Waals surface area (Å²) < 4.78 is 11.3. The van der Waals surface area contributed by atoms with E-state index in [-0.39, 0.29) is 24.3 Å². The van der Waals surface area contributed by atoms with Crippen molar-refractivity contribution in [3.8, 4) is 17.9 Å². The van der Waals surface area contributed by atoms with Gasteiger partial charge in [0, 0.05) is 24.8 Å². The number of ether oxygens (including phenoxy) is 1. The van der Waals surface area contributed by atoms with Gasteiger partial charge in [0.15, 0.2) is 5.76 Å². The molecule has 160 valence electrons. The van der Waals surface area contributed by atoms with Crippen molar-refractivity contribution in [2.45, 2.75) is 25.5 Å². The molecule has 2 aromatic carbocycles. The Hall–Kier alpha value is -4.23. The van der Waals surface area contributed by atoms with Crippen LogP contribution >= 0.6 is 0 Å². The lowest BCUT2D eigenvalue weighted by Crippen LogP contribution is -2.44. The fraction of sp³-hybridized carbons (Fsp3) is 0.240. The lowest BCUT2D eigenvalue weighted by atomic mass is 10.0. The lowest BCUT2D eigenvalue weighted by molar-refractivity contribution is 0.0899. The highest BCUT2D eigenvalue weighted by atomic mass is 16.5. The molecule has 3 aromatic rings. The molecule has 4 rings (SSSR count). The number of hydrogen-bond donors (Lipinski definition) is 1. The van der Waals surface area contributed by atoms with E-state index < -0.39 is 0 Å². The Balaban J connectivity index is 1.25. The van der Waals surface area contributed by atoms with E-state index in [1.54, 1.807) is 36.4 Å². The number of piperidine rings is 1. The summed E-state index contributed by atoms with van der Waals surface area (Å²) >= 11 is 0. The molecule has 0 aliphatic carbocycles. The molecule has 0 spiro atoms. The molecule has 1 amide bonds. The molecule has 0 unspecified atom stereocenters. The van der Waals surface area contributed by atoms with Crippen molar-refractivity contribution < 1.29 is 13.9 Å². The van der Waals surface area contributed by atoms with E-state index in [2.05, 4.69) is 22.4 Å². The van der Waals surface area contributed by atoms with Crippen LogP contribution < -0.4 is 15.0 Å². The number of furan rings is 1. The van der Waals surface area contributed by atoms with E-state index in [0.29, 0.717) is 22.6 Å². The minimum Gasteiger partial charge on any atom is -0.486 e. The predicted molar refractivity (Wildman–Crippen MR) is 118 cm³/mol. The highest BCUT2D eigenvalue weighted by Gasteiger charge is 2.22. The summed E-state index contributed by atoms with van der Waals surface area (Å²) in [5.41, 5.74) is 2.31. The molecule has 1 N–H and O–H groups in total. The number of nitrogens with one attached hydrogen (secondary N) is 1. The van der Waals surface area contributed by atoms with Crippen LogP contribution in [-0.2, 0) is 6.61 Å². The van der Waals surface area contributed by atoms with Crippen LogP contribution in [0.25, 0.3) is 0 Å². The van der Waals surface area contributed by atoms with E-state index in [4.69, 9.17) is 19.7 Å². The number of hydrogen-bond acceptors (Lipinski definition) is 6. The van der Waals surface area contributed by atoms with Gasteiger partial charge in [0.2, 0.25) is 0 Å². The first-order valence-corrected chi connectivity index (χ1v) is 10.4. The van der Waals surface area contributed by atoms with E-state index in [0.717, 1.165) is 31.6 Å². The van der Waals surface area contributed by atoms with Crippen molar-refractivity contribution >= 4 is 11.6 Å². The number of carbonyl (C=O) groups is 1. The number of nitrogens with zero attached hydrogens (tertiary/aromatic N) is 3. The molecular formula is C25H22N4O3. The summed E-state index contributed by atoms with van der Waals surface area (Å²) in [6, 6.07) is 22.0. The first kappa shape index (κ1) is 21.0. The fourth-order valence-corrected chi connectivity index (χ4v) is 3.64. The van der Waals surface area contributed by atoms with Crippen molar-refractivity contribution in [1.82, 2.24) is 5.32 Å². The van der Waals surface area contributed by atoms with Crippen LogP contribution in [0.15, 0.2) is 65.1 Å². The average Bonchev–Trinajstić information content (AvgIpc) is 3.33. The first-order chi connectivity index (χ1) is 15.6. The molecule has 7 nitrogen and oxygen atoms in total. The van der Waals surface area contributed by atoms with E-state index in [1.807, 2.05) is 24.3 Å². The number of amides is 1. The van der Waals surface area contributed by atoms with Gasteiger partial charge in [0.25, 0.3) is 5.91 Å². The molecule has 1 aliphatic rings. The molecule has 0 saturated carbocycles. The highest BCUT2D eigenvalue weighted by Crippen LogP contribution is 2.21. The van der Waals surface area contributed by atoms with E-state index in [1.165, 1.54) is 0 Å². The van der Waals surface area contributed by atoms with Crippen LogP contribution in [0, 0.1) is 22.7 Å². The smallest absolute Gasteiger partial charge is 0.287 e. The molecule has 0 bridgehead atoms. The quantitative estimate of drug-likeness (QED) is 0.639. The molecule has 0 atom stereocenters. The van der Waals surface area contributed by atoms with Gasteiger partial charge in [-0.3, -0.25) is 4.79 Å². The lowest BCUT2D eigenvalue weighted by Gasteiger charge is -2.33. The van der Waals surface area contributed by atoms with Crippen molar-refractivity contribution in [2.75, 3.05) is 18.0 Å². The number of benzene rings is 2. The van der Waals surface area contributed by atoms with Gasteiger partial charge in [0.1, 0.15) is 18.1 Å². The van der Waals surface area contributed by atoms with Crippen LogP contribution in [0.1, 0.15) is 40.3 Å². The summed E-state index contributed by atoms with van der Waals surface area (Å²) in [6.45, 7) is 1.86. The van der Waals surface area contributed by atoms with E-state index in [9.17, 15) is 4.79 Å². The summed E-state index contributed by atoms with van der Waals surface area (Å²) in [6.07, 6.45) is 1.67. The summed E-state index contributed by atoms with van der Waals surface area (Å²) in [4.78, 5) is 14.8. The van der Waals surface area contributed by atoms with Crippen LogP contribution in [0.2, 0.25) is 0 Å². The van der Waals surface area contributed by atoms with Crippen molar-refractivity contribution in [1.29, 1.82) is 10.5 Å². The maximum absolute atomic E-state index is 12.6. The Kier molecular flexibility index (Phi) is 6.38. The molecule has 0 radical (unpaired) electrons. The van der Waals surface area contributed by atoms with Gasteiger partial charge in [-0.15, -0.1) is 0 Å². The van der Waals surface area contributed by atoms with Gasteiger partial charge < -0.3 is 19.4 Å². The van der Waals surface area contributed by atoms with Crippen LogP contribution in [0.3, 0.4) is 0 Å². The van der Waals surface area contributed by atoms with Crippen LogP contribution in [0.5, 0.6) is 5.75 Å². The van der Waals surface area contributed by atoms with Gasteiger partial charge >= 0.3 is 0 Å². The van der Waals surface area contributed by atoms with Crippen molar-refractivity contribution in [2.24, 2.45) is 0 Å². The Labute approximate surface area is 186 Å². The minimum atomic E-state index is -0.230. The molecular weight excluding hydrogens is 404 g/mol. The third-order valence-corrected chi connectivity index (χ3v) is 5.44. The maximum atomic E-state index is 12.6. The SMILES string of the molecule is N#Cc1ccc(OCc2ccc(C(=O)NC3CCN(c4ccc(C#N)cc4)CC3)o2)cc1. The zero-order valence-corrected chi connectivity index (χ0v) is 17.5. The predicted octanol–water partition coefficient (Wildman–Crippen LogP) is 4.00. The van der Waals surface area contributed by atoms with Gasteiger partial charge in [-0.1, -0.05) is 0 Å². The maximum Gasteiger partial charge on any atom is 0.287 e. The third kappa shape index (κ3) is 5.08. The molecule has 32 heavy (non-hydrogen) atoms. The standard InChI is InChI=1S/C25H22N4O3/c26-15-18-1-5-21(6-2-18)29-13-11-20(12-14-29)28-25(30)24-10-9-23(32-24)17-31-22-7-3-19(16-27)4-8-22/h1-10,20H,11-14,17H2,(H,28,30). The van der Waals surface area contributed by atoms with E-state index >= 15 is 0 Å². The van der Waals surface area contributed by atoms with Gasteiger partial charge in [-0.2, -0.15) is 10.5 Å². The molecule has 1 fully saturated rings. The second-order valence-corrected chi connectivity index (χ2v) is 7.58. The van der Waals surface area contributed by atoms with Crippen LogP contribution in [-0.4, -0.2) is 25.0 Å². The van der Waals surface area contributed by atoms with Crippen molar-refractivity contribution in [3.05, 3.63) is 83.3 Å². The number of rotatable bonds is 6. The zero-order valence-electron chi connectivity index (χ0n) is 17.5. The number of anilines is 1. The Morgan fingerprint density at radius 1 is 0.969 bits per heavy atom. The van der Waals surface area contributed by atoms with Crippen molar-refractivity contribution in [3.63, 3.8) is 0 Å². The molecule has 1 saturated heterocycles. The fourth-order valence-electron chi connectivity index (χ4n) is 3.64. The monoisotopic (exact) mass is 426 g/mol. The highest BCUT2D eigenvalue weighted by molar-refractivity contribution is 5.91. The Bertz CT molecular complexity index is 1150. The third-order valence-electron chi connectivity index (χ3n) is 5.44. The topological polar surface area (TPSA) is 102 Å². The Morgan fingerprint density at radius 3 is 2.22 bits per heavy atom. The van der Waals surface area contributed by atoms with Gasteiger partial charge in [-0.05, 0) is 73.5 Å². The zero-order chi connectivity index (χ0) is 22.3. The average molecular weight is 426 g/mol. The first-order valence-electron chi connectivity index (χ1n) is 10.4. The minimum absolute atomic E-state index is 0.0839. The number of carbonyl (C=O) groups excluding carboxylic acids is 1. The van der Waals surface area contributed by atoms with Gasteiger partial charge in [-0.25, -0.2) is 0 Å². The molecule has 7 heteroatoms. The van der Waals surface area contributed by atoms with Crippen LogP contribution in [0.4, 0.5) is 5.69 Å². The molecule has 2 heterocycles. The molecule has 1 aliphatic heterocycles. The second kappa shape index (κ2) is 9.72. The normalized spacial score (nSPS) is 13.8. The number of nitriles is 2. The largest absolute Gasteiger partial charge is 0.486 e. The Morgan fingerprint density at radius 2 is 1.59 bits per heavy atom. The second-order valence-electron chi connectivity index (χ2n) is 7.58. The summed E-state index contributed by atoms with van der Waals surface area (Å²) in [5.74, 6) is 1.21. The van der Waals surface area contributed by atoms with Gasteiger partial charge in [0.05, 0.1) is 23.3 Å². The summed E-state index contributed by atoms with van der Waals surface area (Å²) in [7, 11) is 0.